The number of piperidine rings is 1. The van der Waals surface area contributed by atoms with Crippen molar-refractivity contribution >= 4 is 6.03 Å². The largest absolute Gasteiger partial charge is 0.494 e. The number of urea groups is 1. The second kappa shape index (κ2) is 7.71. The number of rotatable bonds is 4. The molecule has 7 heteroatoms. The quantitative estimate of drug-likeness (QED) is 0.927. The number of carbonyl (C=O) groups excluding carboxylic acids is 1. The minimum Gasteiger partial charge on any atom is -0.494 e. The molecule has 0 spiro atoms. The first-order valence-electron chi connectivity index (χ1n) is 8.30. The van der Waals surface area contributed by atoms with Crippen molar-refractivity contribution in [3.8, 4) is 17.5 Å². The fraction of sp³-hybridized carbons (Fsp3) is 0.389. The van der Waals surface area contributed by atoms with Gasteiger partial charge in [-0.2, -0.15) is 10.4 Å². The Morgan fingerprint density at radius 3 is 3.12 bits per heavy atom. The highest BCUT2D eigenvalue weighted by molar-refractivity contribution is 5.74. The van der Waals surface area contributed by atoms with Crippen molar-refractivity contribution in [1.29, 1.82) is 5.26 Å². The van der Waals surface area contributed by atoms with Crippen molar-refractivity contribution in [3.63, 3.8) is 0 Å². The smallest absolute Gasteiger partial charge is 0.317 e. The summed E-state index contributed by atoms with van der Waals surface area (Å²) < 4.78 is 7.07. The van der Waals surface area contributed by atoms with E-state index in [0.717, 1.165) is 29.8 Å². The maximum Gasteiger partial charge on any atom is 0.317 e. The van der Waals surface area contributed by atoms with E-state index in [2.05, 4.69) is 16.5 Å². The van der Waals surface area contributed by atoms with Gasteiger partial charge in [-0.15, -0.1) is 0 Å². The molecule has 1 aromatic carbocycles. The molecule has 2 amide bonds. The van der Waals surface area contributed by atoms with Gasteiger partial charge < -0.3 is 15.0 Å². The normalized spacial score (nSPS) is 17.0. The summed E-state index contributed by atoms with van der Waals surface area (Å²) in [4.78, 5) is 14.0. The van der Waals surface area contributed by atoms with E-state index >= 15 is 0 Å². The van der Waals surface area contributed by atoms with Gasteiger partial charge in [-0.25, -0.2) is 9.48 Å². The second-order valence-corrected chi connectivity index (χ2v) is 6.04. The zero-order valence-corrected chi connectivity index (χ0v) is 14.2. The Labute approximate surface area is 146 Å². The van der Waals surface area contributed by atoms with Crippen molar-refractivity contribution in [2.24, 2.45) is 5.92 Å². The van der Waals surface area contributed by atoms with Crippen molar-refractivity contribution in [3.05, 3.63) is 42.2 Å². The molecule has 1 aliphatic heterocycles. The van der Waals surface area contributed by atoms with E-state index in [1.54, 1.807) is 22.9 Å². The molecule has 0 bridgehead atoms. The van der Waals surface area contributed by atoms with E-state index in [1.807, 2.05) is 30.5 Å². The van der Waals surface area contributed by atoms with Crippen LogP contribution < -0.4 is 10.1 Å². The topological polar surface area (TPSA) is 83.2 Å². The van der Waals surface area contributed by atoms with E-state index in [4.69, 9.17) is 10.00 Å². The van der Waals surface area contributed by atoms with Crippen LogP contribution >= 0.6 is 0 Å². The number of hydrogen-bond acceptors (Lipinski definition) is 4. The SMILES string of the molecule is COc1ccccc1-n1cc(CNC(=O)N2CCCC(C#N)C2)cn1. The van der Waals surface area contributed by atoms with Gasteiger partial charge in [-0.3, -0.25) is 0 Å². The minimum atomic E-state index is -0.134. The number of likely N-dealkylation sites (tertiary alicyclic amines) is 1. The van der Waals surface area contributed by atoms with Gasteiger partial charge in [0, 0.05) is 31.4 Å². The number of carbonyl (C=O) groups is 1. The lowest BCUT2D eigenvalue weighted by atomic mass is 10.0. The Morgan fingerprint density at radius 2 is 2.32 bits per heavy atom. The summed E-state index contributed by atoms with van der Waals surface area (Å²) in [5.74, 6) is 0.671. The number of nitrogens with one attached hydrogen (secondary N) is 1. The molecule has 130 valence electrons. The third-order valence-corrected chi connectivity index (χ3v) is 4.30. The first-order valence-corrected chi connectivity index (χ1v) is 8.30. The number of nitriles is 1. The maximum atomic E-state index is 12.3. The Hall–Kier alpha value is -3.01. The number of amides is 2. The zero-order chi connectivity index (χ0) is 17.6. The van der Waals surface area contributed by atoms with Crippen LogP contribution in [0.2, 0.25) is 0 Å². The molecule has 1 N–H and O–H groups in total. The molecule has 25 heavy (non-hydrogen) atoms. The third-order valence-electron chi connectivity index (χ3n) is 4.30. The molecule has 2 aromatic rings. The number of aromatic nitrogens is 2. The molecule has 1 aromatic heterocycles. The fourth-order valence-corrected chi connectivity index (χ4v) is 2.96. The lowest BCUT2D eigenvalue weighted by Crippen LogP contribution is -2.45. The van der Waals surface area contributed by atoms with Gasteiger partial charge in [0.2, 0.25) is 0 Å². The highest BCUT2D eigenvalue weighted by atomic mass is 16.5. The van der Waals surface area contributed by atoms with Crippen LogP contribution in [-0.4, -0.2) is 40.9 Å². The molecule has 3 rings (SSSR count). The van der Waals surface area contributed by atoms with Crippen LogP contribution in [0.5, 0.6) is 5.75 Å². The Bertz CT molecular complexity index is 780. The lowest BCUT2D eigenvalue weighted by molar-refractivity contribution is 0.176. The van der Waals surface area contributed by atoms with Gasteiger partial charge in [0.1, 0.15) is 11.4 Å². The van der Waals surface area contributed by atoms with E-state index in [9.17, 15) is 4.79 Å². The van der Waals surface area contributed by atoms with Crippen molar-refractivity contribution in [2.45, 2.75) is 19.4 Å². The van der Waals surface area contributed by atoms with Gasteiger partial charge in [0.25, 0.3) is 0 Å². The van der Waals surface area contributed by atoms with Crippen LogP contribution in [0, 0.1) is 17.2 Å². The summed E-state index contributed by atoms with van der Waals surface area (Å²) in [6.07, 6.45) is 5.33. The standard InChI is InChI=1S/C18H21N5O2/c1-25-17-7-3-2-6-16(17)23-13-15(11-21-23)10-20-18(24)22-8-4-5-14(9-19)12-22/h2-3,6-7,11,13-14H,4-5,8,10,12H2,1H3,(H,20,24). The first-order chi connectivity index (χ1) is 12.2. The Morgan fingerprint density at radius 1 is 1.48 bits per heavy atom. The molecule has 7 nitrogen and oxygen atoms in total. The average Bonchev–Trinajstić information content (AvgIpc) is 3.15. The molecule has 1 atom stereocenters. The summed E-state index contributed by atoms with van der Waals surface area (Å²) in [6, 6.07) is 9.73. The summed E-state index contributed by atoms with van der Waals surface area (Å²) in [5.41, 5.74) is 1.74. The number of methoxy groups -OCH3 is 1. The molecular weight excluding hydrogens is 318 g/mol. The average molecular weight is 339 g/mol. The number of benzene rings is 1. The summed E-state index contributed by atoms with van der Waals surface area (Å²) in [6.45, 7) is 1.59. The summed E-state index contributed by atoms with van der Waals surface area (Å²) in [7, 11) is 1.62. The predicted molar refractivity (Wildman–Crippen MR) is 92.3 cm³/mol. The first kappa shape index (κ1) is 16.8. The second-order valence-electron chi connectivity index (χ2n) is 6.04. The van der Waals surface area contributed by atoms with Crippen LogP contribution in [0.3, 0.4) is 0 Å². The molecule has 2 heterocycles. The van der Waals surface area contributed by atoms with E-state index in [1.165, 1.54) is 0 Å². The highest BCUT2D eigenvalue weighted by Crippen LogP contribution is 2.21. The number of para-hydroxylation sites is 2. The number of nitrogens with zero attached hydrogens (tertiary/aromatic N) is 4. The molecule has 1 aliphatic rings. The van der Waals surface area contributed by atoms with E-state index in [-0.39, 0.29) is 11.9 Å². The Kier molecular flexibility index (Phi) is 5.19. The highest BCUT2D eigenvalue weighted by Gasteiger charge is 2.23. The molecule has 0 aliphatic carbocycles. The van der Waals surface area contributed by atoms with Crippen LogP contribution in [-0.2, 0) is 6.54 Å². The zero-order valence-electron chi connectivity index (χ0n) is 14.2. The molecular formula is C18H21N5O2. The number of hydrogen-bond donors (Lipinski definition) is 1. The van der Waals surface area contributed by atoms with Crippen molar-refractivity contribution < 1.29 is 9.53 Å². The van der Waals surface area contributed by atoms with Crippen LogP contribution in [0.1, 0.15) is 18.4 Å². The number of ether oxygens (including phenoxy) is 1. The lowest BCUT2D eigenvalue weighted by Gasteiger charge is -2.29. The van der Waals surface area contributed by atoms with Crippen LogP contribution in [0.25, 0.3) is 5.69 Å². The van der Waals surface area contributed by atoms with Gasteiger partial charge in [0.15, 0.2) is 0 Å². The van der Waals surface area contributed by atoms with Crippen molar-refractivity contribution in [1.82, 2.24) is 20.0 Å². The van der Waals surface area contributed by atoms with Crippen LogP contribution in [0.15, 0.2) is 36.7 Å². The van der Waals surface area contributed by atoms with Crippen LogP contribution in [0.4, 0.5) is 4.79 Å². The monoisotopic (exact) mass is 339 g/mol. The molecule has 0 radical (unpaired) electrons. The minimum absolute atomic E-state index is 0.0622. The predicted octanol–water partition coefficient (Wildman–Crippen LogP) is 2.33. The van der Waals surface area contributed by atoms with E-state index in [0.29, 0.717) is 19.6 Å². The van der Waals surface area contributed by atoms with E-state index < -0.39 is 0 Å². The Balaban J connectivity index is 1.60. The summed E-state index contributed by atoms with van der Waals surface area (Å²) >= 11 is 0. The van der Waals surface area contributed by atoms with Crippen molar-refractivity contribution in [2.75, 3.05) is 20.2 Å². The maximum absolute atomic E-state index is 12.3. The van der Waals surface area contributed by atoms with Gasteiger partial charge in [0.05, 0.1) is 25.3 Å². The van der Waals surface area contributed by atoms with Gasteiger partial charge in [-0.05, 0) is 25.0 Å². The van der Waals surface area contributed by atoms with Gasteiger partial charge in [-0.1, -0.05) is 12.1 Å². The fourth-order valence-electron chi connectivity index (χ4n) is 2.96. The van der Waals surface area contributed by atoms with Gasteiger partial charge >= 0.3 is 6.03 Å². The summed E-state index contributed by atoms with van der Waals surface area (Å²) in [5, 5.41) is 16.3. The molecule has 1 saturated heterocycles. The molecule has 1 unspecified atom stereocenters. The third kappa shape index (κ3) is 3.91. The molecule has 0 saturated carbocycles. The molecule has 1 fully saturated rings.